The molecule has 1 aromatic carbocycles. The van der Waals surface area contributed by atoms with Crippen molar-refractivity contribution in [3.63, 3.8) is 0 Å². The number of carbonyl (C=O) groups excluding carboxylic acids is 2. The van der Waals surface area contributed by atoms with E-state index >= 15 is 0 Å². The van der Waals surface area contributed by atoms with Crippen LogP contribution < -0.4 is 10.6 Å². The number of fused-ring (bicyclic) bond motifs is 1. The minimum Gasteiger partial charge on any atom is -0.343 e. The highest BCUT2D eigenvalue weighted by Crippen LogP contribution is 2.26. The van der Waals surface area contributed by atoms with Gasteiger partial charge in [-0.05, 0) is 43.9 Å². The molecule has 0 saturated heterocycles. The van der Waals surface area contributed by atoms with E-state index in [1.165, 1.54) is 0 Å². The average molecular weight is 316 g/mol. The van der Waals surface area contributed by atoms with Crippen molar-refractivity contribution in [2.45, 2.75) is 46.6 Å². The number of benzene rings is 1. The second kappa shape index (κ2) is 6.02. The number of aromatic amines is 1. The number of rotatable bonds is 3. The van der Waals surface area contributed by atoms with E-state index in [1.807, 2.05) is 19.9 Å². The molecule has 0 atom stereocenters. The van der Waals surface area contributed by atoms with Crippen molar-refractivity contribution < 1.29 is 9.59 Å². The number of anilines is 1. The first-order valence-electron chi connectivity index (χ1n) is 7.62. The van der Waals surface area contributed by atoms with E-state index in [9.17, 15) is 9.59 Å². The molecule has 2 rings (SSSR count). The molecule has 1 heterocycles. The van der Waals surface area contributed by atoms with Crippen LogP contribution in [-0.2, 0) is 9.59 Å². The van der Waals surface area contributed by atoms with Crippen molar-refractivity contribution in [3.05, 3.63) is 24.4 Å². The quantitative estimate of drug-likeness (QED) is 0.761. The highest BCUT2D eigenvalue weighted by atomic mass is 16.2. The Bertz CT molecular complexity index is 726. The molecule has 0 bridgehead atoms. The number of hydrogen-bond donors (Lipinski definition) is 3. The lowest BCUT2D eigenvalue weighted by atomic mass is 9.82. The standard InChI is InChI=1S/C17H24N4O2/c1-16(2,3)10-17(4,5)20-15(23)14(22)19-12-7-6-11-9-18-21-13(11)8-12/h6-9H,10H2,1-5H3,(H,18,21)(H,19,22)(H,20,23). The number of nitrogens with zero attached hydrogens (tertiary/aromatic N) is 1. The van der Waals surface area contributed by atoms with Gasteiger partial charge in [0.1, 0.15) is 0 Å². The molecule has 2 aromatic rings. The van der Waals surface area contributed by atoms with E-state index in [1.54, 1.807) is 18.3 Å². The maximum Gasteiger partial charge on any atom is 0.313 e. The van der Waals surface area contributed by atoms with Crippen LogP contribution in [0.4, 0.5) is 5.69 Å². The molecule has 0 aliphatic carbocycles. The molecule has 0 unspecified atom stereocenters. The molecular formula is C17H24N4O2. The maximum atomic E-state index is 12.1. The van der Waals surface area contributed by atoms with Gasteiger partial charge in [-0.2, -0.15) is 5.10 Å². The van der Waals surface area contributed by atoms with Gasteiger partial charge in [-0.15, -0.1) is 0 Å². The highest BCUT2D eigenvalue weighted by Gasteiger charge is 2.29. The molecule has 0 aliphatic rings. The smallest absolute Gasteiger partial charge is 0.313 e. The Labute approximate surface area is 136 Å². The lowest BCUT2D eigenvalue weighted by molar-refractivity contribution is -0.137. The van der Waals surface area contributed by atoms with Crippen LogP contribution in [0.25, 0.3) is 10.9 Å². The van der Waals surface area contributed by atoms with Gasteiger partial charge in [-0.3, -0.25) is 14.7 Å². The van der Waals surface area contributed by atoms with E-state index in [0.29, 0.717) is 5.69 Å². The summed E-state index contributed by atoms with van der Waals surface area (Å²) in [5.41, 5.74) is 0.950. The Morgan fingerprint density at radius 1 is 1.13 bits per heavy atom. The highest BCUT2D eigenvalue weighted by molar-refractivity contribution is 6.39. The predicted octanol–water partition coefficient (Wildman–Crippen LogP) is 2.83. The first kappa shape index (κ1) is 17.0. The van der Waals surface area contributed by atoms with Crippen molar-refractivity contribution in [1.82, 2.24) is 15.5 Å². The summed E-state index contributed by atoms with van der Waals surface area (Å²) in [7, 11) is 0. The Kier molecular flexibility index (Phi) is 4.45. The van der Waals surface area contributed by atoms with Crippen LogP contribution in [0.5, 0.6) is 0 Å². The second-order valence-corrected chi connectivity index (χ2v) is 7.70. The van der Waals surface area contributed by atoms with Crippen LogP contribution in [0, 0.1) is 5.41 Å². The summed E-state index contributed by atoms with van der Waals surface area (Å²) >= 11 is 0. The summed E-state index contributed by atoms with van der Waals surface area (Å²) in [5.74, 6) is -1.31. The fourth-order valence-electron chi connectivity index (χ4n) is 2.94. The molecule has 3 N–H and O–H groups in total. The topological polar surface area (TPSA) is 86.9 Å². The normalized spacial score (nSPS) is 12.2. The second-order valence-electron chi connectivity index (χ2n) is 7.70. The molecule has 0 fully saturated rings. The molecule has 124 valence electrons. The fraction of sp³-hybridized carbons (Fsp3) is 0.471. The summed E-state index contributed by atoms with van der Waals surface area (Å²) < 4.78 is 0. The lowest BCUT2D eigenvalue weighted by Crippen LogP contribution is -2.49. The molecule has 1 aromatic heterocycles. The van der Waals surface area contributed by atoms with Gasteiger partial charge < -0.3 is 10.6 Å². The number of aromatic nitrogens is 2. The molecule has 0 aliphatic heterocycles. The number of hydrogen-bond acceptors (Lipinski definition) is 3. The van der Waals surface area contributed by atoms with Gasteiger partial charge >= 0.3 is 11.8 Å². The van der Waals surface area contributed by atoms with Crippen LogP contribution in [0.3, 0.4) is 0 Å². The Hall–Kier alpha value is -2.37. The van der Waals surface area contributed by atoms with E-state index in [-0.39, 0.29) is 5.41 Å². The molecule has 6 nitrogen and oxygen atoms in total. The maximum absolute atomic E-state index is 12.1. The van der Waals surface area contributed by atoms with E-state index in [4.69, 9.17) is 0 Å². The third-order valence-corrected chi connectivity index (χ3v) is 3.33. The molecule has 0 radical (unpaired) electrons. The molecule has 0 spiro atoms. The van der Waals surface area contributed by atoms with Crippen molar-refractivity contribution in [2.24, 2.45) is 5.41 Å². The van der Waals surface area contributed by atoms with Gasteiger partial charge in [0.15, 0.2) is 0 Å². The van der Waals surface area contributed by atoms with Gasteiger partial charge in [0.25, 0.3) is 0 Å². The van der Waals surface area contributed by atoms with Gasteiger partial charge in [0, 0.05) is 16.6 Å². The molecule has 6 heteroatoms. The minimum absolute atomic E-state index is 0.0545. The zero-order valence-electron chi connectivity index (χ0n) is 14.3. The summed E-state index contributed by atoms with van der Waals surface area (Å²) in [6.45, 7) is 10.1. The van der Waals surface area contributed by atoms with E-state index in [2.05, 4.69) is 41.6 Å². The SMILES string of the molecule is CC(C)(C)CC(C)(C)NC(=O)C(=O)Nc1ccc2cn[nH]c2c1. The summed E-state index contributed by atoms with van der Waals surface area (Å²) in [4.78, 5) is 24.2. The van der Waals surface area contributed by atoms with Crippen molar-refractivity contribution in [3.8, 4) is 0 Å². The van der Waals surface area contributed by atoms with Crippen LogP contribution in [0.2, 0.25) is 0 Å². The first-order valence-corrected chi connectivity index (χ1v) is 7.62. The fourth-order valence-corrected chi connectivity index (χ4v) is 2.94. The van der Waals surface area contributed by atoms with Crippen LogP contribution >= 0.6 is 0 Å². The van der Waals surface area contributed by atoms with Crippen LogP contribution in [-0.4, -0.2) is 27.6 Å². The molecule has 0 saturated carbocycles. The number of H-pyrrole nitrogens is 1. The monoisotopic (exact) mass is 316 g/mol. The molecule has 2 amide bonds. The Balaban J connectivity index is 2.00. The van der Waals surface area contributed by atoms with Crippen LogP contribution in [0.15, 0.2) is 24.4 Å². The number of amides is 2. The Morgan fingerprint density at radius 3 is 2.48 bits per heavy atom. The summed E-state index contributed by atoms with van der Waals surface area (Å²) in [6.07, 6.45) is 2.46. The first-order chi connectivity index (χ1) is 10.6. The van der Waals surface area contributed by atoms with Gasteiger partial charge in [0.2, 0.25) is 0 Å². The van der Waals surface area contributed by atoms with Crippen molar-refractivity contribution >= 4 is 28.4 Å². The van der Waals surface area contributed by atoms with Crippen molar-refractivity contribution in [2.75, 3.05) is 5.32 Å². The Morgan fingerprint density at radius 2 is 1.83 bits per heavy atom. The minimum atomic E-state index is -0.675. The lowest BCUT2D eigenvalue weighted by Gasteiger charge is -2.33. The van der Waals surface area contributed by atoms with Crippen LogP contribution in [0.1, 0.15) is 41.0 Å². The predicted molar refractivity (Wildman–Crippen MR) is 91.0 cm³/mol. The third-order valence-electron chi connectivity index (χ3n) is 3.33. The number of nitrogens with one attached hydrogen (secondary N) is 3. The van der Waals surface area contributed by atoms with Crippen molar-refractivity contribution in [1.29, 1.82) is 0 Å². The number of carbonyl (C=O) groups is 2. The average Bonchev–Trinajstić information content (AvgIpc) is 2.82. The van der Waals surface area contributed by atoms with Gasteiger partial charge in [0.05, 0.1) is 11.7 Å². The molecular weight excluding hydrogens is 292 g/mol. The molecule has 23 heavy (non-hydrogen) atoms. The zero-order chi connectivity index (χ0) is 17.3. The third kappa shape index (κ3) is 4.81. The zero-order valence-corrected chi connectivity index (χ0v) is 14.3. The van der Waals surface area contributed by atoms with E-state index in [0.717, 1.165) is 17.3 Å². The summed E-state index contributed by atoms with van der Waals surface area (Å²) in [6, 6.07) is 5.31. The van der Waals surface area contributed by atoms with E-state index < -0.39 is 17.4 Å². The largest absolute Gasteiger partial charge is 0.343 e. The summed E-state index contributed by atoms with van der Waals surface area (Å²) in [5, 5.41) is 13.1. The van der Waals surface area contributed by atoms with Gasteiger partial charge in [-0.25, -0.2) is 0 Å². The van der Waals surface area contributed by atoms with Gasteiger partial charge in [-0.1, -0.05) is 20.8 Å².